The smallest absolute Gasteiger partial charge is 0.178 e. The lowest BCUT2D eigenvalue weighted by atomic mass is 9.72. The molecule has 0 spiro atoms. The number of hydrogen-bond donors (Lipinski definition) is 1. The molecule has 0 radical (unpaired) electrons. The lowest BCUT2D eigenvalue weighted by Gasteiger charge is -2.34. The third-order valence-corrected chi connectivity index (χ3v) is 5.01. The maximum Gasteiger partial charge on any atom is 0.178 e. The predicted octanol–water partition coefficient (Wildman–Crippen LogP) is 3.36. The molecule has 2 aromatic rings. The van der Waals surface area contributed by atoms with Crippen molar-refractivity contribution in [2.75, 3.05) is 6.54 Å². The normalized spacial score (nSPS) is 19.9. The molecule has 0 aliphatic heterocycles. The van der Waals surface area contributed by atoms with E-state index in [1.165, 1.54) is 28.8 Å². The van der Waals surface area contributed by atoms with E-state index in [0.29, 0.717) is 6.54 Å². The molecular weight excluding hydrogens is 232 g/mol. The minimum absolute atomic E-state index is 0.0702. The van der Waals surface area contributed by atoms with Gasteiger partial charge < -0.3 is 10.3 Å². The van der Waals surface area contributed by atoms with E-state index in [0.717, 1.165) is 24.1 Å². The number of hydrogen-bond acceptors (Lipinski definition) is 4. The van der Waals surface area contributed by atoms with Gasteiger partial charge in [-0.1, -0.05) is 24.4 Å². The Bertz CT molecular complexity index is 522. The number of nitrogens with zero attached hydrogens (tertiary/aromatic N) is 1. The van der Waals surface area contributed by atoms with Gasteiger partial charge in [0.05, 0.1) is 4.70 Å². The molecule has 92 valence electrons. The van der Waals surface area contributed by atoms with Crippen LogP contribution in [0, 0.1) is 6.92 Å². The zero-order chi connectivity index (χ0) is 11.9. The van der Waals surface area contributed by atoms with E-state index in [1.54, 1.807) is 11.3 Å². The molecule has 2 N–H and O–H groups in total. The third kappa shape index (κ3) is 1.70. The lowest BCUT2D eigenvalue weighted by Crippen LogP contribution is -2.37. The number of nitrogens with two attached hydrogens (primary N) is 1. The predicted molar refractivity (Wildman–Crippen MR) is 70.4 cm³/mol. The van der Waals surface area contributed by atoms with E-state index in [9.17, 15) is 0 Å². The van der Waals surface area contributed by atoms with Crippen molar-refractivity contribution in [3.8, 4) is 0 Å². The van der Waals surface area contributed by atoms with Crippen molar-refractivity contribution in [1.82, 2.24) is 5.16 Å². The Labute approximate surface area is 105 Å². The largest absolute Gasteiger partial charge is 0.355 e. The molecule has 2 heterocycles. The molecular formula is C13H18N2OS. The molecule has 3 rings (SSSR count). The summed E-state index contributed by atoms with van der Waals surface area (Å²) in [4.78, 5) is 1.28. The number of thiophene rings is 1. The highest BCUT2D eigenvalue weighted by atomic mass is 32.1. The Morgan fingerprint density at radius 1 is 1.41 bits per heavy atom. The van der Waals surface area contributed by atoms with Crippen LogP contribution in [-0.4, -0.2) is 11.7 Å². The van der Waals surface area contributed by atoms with Crippen LogP contribution < -0.4 is 5.73 Å². The molecule has 0 bridgehead atoms. The van der Waals surface area contributed by atoms with Gasteiger partial charge in [0.2, 0.25) is 0 Å². The van der Waals surface area contributed by atoms with E-state index in [2.05, 4.69) is 18.1 Å². The van der Waals surface area contributed by atoms with Gasteiger partial charge in [-0.05, 0) is 25.8 Å². The highest BCUT2D eigenvalue weighted by Crippen LogP contribution is 2.43. The first-order valence-electron chi connectivity index (χ1n) is 6.31. The molecule has 1 aliphatic carbocycles. The van der Waals surface area contributed by atoms with Gasteiger partial charge in [-0.25, -0.2) is 0 Å². The quantitative estimate of drug-likeness (QED) is 0.889. The van der Waals surface area contributed by atoms with Crippen LogP contribution in [0.5, 0.6) is 0 Å². The summed E-state index contributed by atoms with van der Waals surface area (Å²) in [6, 6.07) is 2.07. The summed E-state index contributed by atoms with van der Waals surface area (Å²) in [5.74, 6) is 0. The Balaban J connectivity index is 2.11. The summed E-state index contributed by atoms with van der Waals surface area (Å²) < 4.78 is 6.67. The number of aryl methyl sites for hydroxylation is 1. The van der Waals surface area contributed by atoms with Crippen LogP contribution in [0.3, 0.4) is 0 Å². The highest BCUT2D eigenvalue weighted by Gasteiger charge is 2.37. The summed E-state index contributed by atoms with van der Waals surface area (Å²) in [6.45, 7) is 2.80. The molecule has 2 aromatic heterocycles. The SMILES string of the molecule is Cc1cc2onc(C3(CN)CCCCC3)c2s1. The fraction of sp³-hybridized carbons (Fsp3) is 0.615. The van der Waals surface area contributed by atoms with Gasteiger partial charge in [0.1, 0.15) is 5.69 Å². The zero-order valence-electron chi connectivity index (χ0n) is 10.2. The van der Waals surface area contributed by atoms with E-state index < -0.39 is 0 Å². The molecule has 1 fully saturated rings. The van der Waals surface area contributed by atoms with Gasteiger partial charge in [-0.2, -0.15) is 0 Å². The summed E-state index contributed by atoms with van der Waals surface area (Å²) in [5, 5.41) is 4.32. The minimum Gasteiger partial charge on any atom is -0.355 e. The number of aromatic nitrogens is 1. The van der Waals surface area contributed by atoms with Gasteiger partial charge >= 0.3 is 0 Å². The van der Waals surface area contributed by atoms with Crippen molar-refractivity contribution in [1.29, 1.82) is 0 Å². The lowest BCUT2D eigenvalue weighted by molar-refractivity contribution is 0.281. The Kier molecular flexibility index (Phi) is 2.71. The fourth-order valence-corrected chi connectivity index (χ4v) is 4.00. The molecule has 0 unspecified atom stereocenters. The first-order valence-corrected chi connectivity index (χ1v) is 7.13. The Morgan fingerprint density at radius 2 is 2.18 bits per heavy atom. The Morgan fingerprint density at radius 3 is 2.88 bits per heavy atom. The fourth-order valence-electron chi connectivity index (χ4n) is 2.96. The van der Waals surface area contributed by atoms with E-state index in [4.69, 9.17) is 10.3 Å². The maximum absolute atomic E-state index is 6.05. The molecule has 4 heteroatoms. The molecule has 17 heavy (non-hydrogen) atoms. The number of fused-ring (bicyclic) bond motifs is 1. The summed E-state index contributed by atoms with van der Waals surface area (Å²) >= 11 is 1.78. The Hall–Kier alpha value is -0.870. The van der Waals surface area contributed by atoms with Crippen LogP contribution >= 0.6 is 11.3 Å². The van der Waals surface area contributed by atoms with E-state index >= 15 is 0 Å². The van der Waals surface area contributed by atoms with Gasteiger partial charge in [0.15, 0.2) is 5.58 Å². The number of rotatable bonds is 2. The second-order valence-corrected chi connectivity index (χ2v) is 6.38. The van der Waals surface area contributed by atoms with Gasteiger partial charge in [0, 0.05) is 16.8 Å². The van der Waals surface area contributed by atoms with Gasteiger partial charge in [0.25, 0.3) is 0 Å². The minimum atomic E-state index is 0.0702. The van der Waals surface area contributed by atoms with Crippen LogP contribution in [0.15, 0.2) is 10.6 Å². The summed E-state index contributed by atoms with van der Waals surface area (Å²) in [6.07, 6.45) is 6.15. The molecule has 0 aromatic carbocycles. The summed E-state index contributed by atoms with van der Waals surface area (Å²) in [5.41, 5.74) is 8.17. The molecule has 0 atom stereocenters. The molecule has 1 saturated carbocycles. The van der Waals surface area contributed by atoms with Crippen LogP contribution in [0.1, 0.15) is 42.7 Å². The highest BCUT2D eigenvalue weighted by molar-refractivity contribution is 7.19. The van der Waals surface area contributed by atoms with Crippen molar-refractivity contribution in [3.05, 3.63) is 16.6 Å². The van der Waals surface area contributed by atoms with E-state index in [-0.39, 0.29) is 5.41 Å². The maximum atomic E-state index is 6.05. The topological polar surface area (TPSA) is 52.0 Å². The van der Waals surface area contributed by atoms with Crippen LogP contribution in [0.2, 0.25) is 0 Å². The van der Waals surface area contributed by atoms with Gasteiger partial charge in [-0.15, -0.1) is 11.3 Å². The summed E-state index contributed by atoms with van der Waals surface area (Å²) in [7, 11) is 0. The standard InChI is InChI=1S/C13H18N2OS/c1-9-7-10-11(17-9)12(15-16-10)13(8-14)5-3-2-4-6-13/h7H,2-6,8,14H2,1H3. The first-order chi connectivity index (χ1) is 8.25. The molecule has 0 amide bonds. The van der Waals surface area contributed by atoms with Crippen molar-refractivity contribution in [2.45, 2.75) is 44.4 Å². The van der Waals surface area contributed by atoms with Gasteiger partial charge in [-0.3, -0.25) is 0 Å². The molecule has 3 nitrogen and oxygen atoms in total. The average Bonchev–Trinajstić information content (AvgIpc) is 2.88. The van der Waals surface area contributed by atoms with Crippen molar-refractivity contribution in [3.63, 3.8) is 0 Å². The second kappa shape index (κ2) is 4.10. The molecule has 1 aliphatic rings. The monoisotopic (exact) mass is 250 g/mol. The first kappa shape index (κ1) is 11.2. The van der Waals surface area contributed by atoms with Crippen LogP contribution in [0.25, 0.3) is 10.3 Å². The van der Waals surface area contributed by atoms with Crippen molar-refractivity contribution in [2.24, 2.45) is 5.73 Å². The zero-order valence-corrected chi connectivity index (χ0v) is 11.0. The van der Waals surface area contributed by atoms with Crippen molar-refractivity contribution >= 4 is 21.6 Å². The molecule has 0 saturated heterocycles. The van der Waals surface area contributed by atoms with Crippen LogP contribution in [0.4, 0.5) is 0 Å². The van der Waals surface area contributed by atoms with E-state index in [1.807, 2.05) is 0 Å². The second-order valence-electron chi connectivity index (χ2n) is 5.13. The third-order valence-electron chi connectivity index (χ3n) is 3.98. The van der Waals surface area contributed by atoms with Crippen molar-refractivity contribution < 1.29 is 4.52 Å². The van der Waals surface area contributed by atoms with Crippen LogP contribution in [-0.2, 0) is 5.41 Å². The average molecular weight is 250 g/mol.